The van der Waals surface area contributed by atoms with Gasteiger partial charge in [0.15, 0.2) is 17.0 Å². The van der Waals surface area contributed by atoms with Crippen molar-refractivity contribution in [1.29, 1.82) is 0 Å². The molecule has 0 aliphatic heterocycles. The van der Waals surface area contributed by atoms with E-state index < -0.39 is 5.91 Å². The number of anilines is 1. The van der Waals surface area contributed by atoms with E-state index in [1.54, 1.807) is 11.6 Å². The van der Waals surface area contributed by atoms with Crippen molar-refractivity contribution in [2.45, 2.75) is 13.5 Å². The van der Waals surface area contributed by atoms with Crippen LogP contribution in [0.25, 0.3) is 11.2 Å². The number of amides is 1. The number of fused-ring (bicyclic) bond motifs is 1. The highest BCUT2D eigenvalue weighted by Gasteiger charge is 2.13. The quantitative estimate of drug-likeness (QED) is 0.708. The van der Waals surface area contributed by atoms with Crippen LogP contribution in [0.1, 0.15) is 11.4 Å². The molecule has 0 bridgehead atoms. The summed E-state index contributed by atoms with van der Waals surface area (Å²) in [6.45, 7) is 2.31. The van der Waals surface area contributed by atoms with Crippen LogP contribution < -0.4 is 11.1 Å². The summed E-state index contributed by atoms with van der Waals surface area (Å²) in [5, 5.41) is 11.1. The number of nitrogens with zero attached hydrogens (tertiary/aromatic N) is 5. The maximum absolute atomic E-state index is 10.9. The number of carbonyl (C=O) groups is 1. The van der Waals surface area contributed by atoms with Gasteiger partial charge in [0.1, 0.15) is 5.82 Å². The molecule has 3 aromatic rings. The second-order valence-corrected chi connectivity index (χ2v) is 4.84. The van der Waals surface area contributed by atoms with Gasteiger partial charge in [0.05, 0.1) is 13.1 Å². The third-order valence-corrected chi connectivity index (χ3v) is 3.08. The molecule has 0 unspecified atom stereocenters. The summed E-state index contributed by atoms with van der Waals surface area (Å²) in [4.78, 5) is 19.6. The van der Waals surface area contributed by atoms with Crippen molar-refractivity contribution in [3.05, 3.63) is 41.7 Å². The van der Waals surface area contributed by atoms with Gasteiger partial charge < -0.3 is 11.1 Å². The Bertz CT molecular complexity index is 813. The van der Waals surface area contributed by atoms with Gasteiger partial charge in [-0.1, -0.05) is 35.5 Å². The van der Waals surface area contributed by atoms with Crippen LogP contribution in [0, 0.1) is 6.92 Å². The highest BCUT2D eigenvalue weighted by molar-refractivity contribution is 5.85. The van der Waals surface area contributed by atoms with E-state index in [0.29, 0.717) is 29.4 Å². The number of hydrogen-bond acceptors (Lipinski definition) is 6. The van der Waals surface area contributed by atoms with Crippen molar-refractivity contribution < 1.29 is 4.79 Å². The van der Waals surface area contributed by atoms with Crippen molar-refractivity contribution in [2.75, 3.05) is 11.9 Å². The minimum absolute atomic E-state index is 0.0168. The van der Waals surface area contributed by atoms with Gasteiger partial charge in [0, 0.05) is 0 Å². The monoisotopic (exact) mass is 297 g/mol. The number of nitrogens with two attached hydrogens (primary N) is 1. The van der Waals surface area contributed by atoms with Crippen molar-refractivity contribution in [2.24, 2.45) is 5.73 Å². The molecule has 0 saturated carbocycles. The maximum Gasteiger partial charge on any atom is 0.236 e. The number of carbonyl (C=O) groups excluding carboxylic acids is 1. The van der Waals surface area contributed by atoms with Crippen LogP contribution in [0.4, 0.5) is 5.82 Å². The van der Waals surface area contributed by atoms with Gasteiger partial charge in [-0.2, -0.15) is 0 Å². The summed E-state index contributed by atoms with van der Waals surface area (Å²) >= 11 is 0. The number of rotatable bonds is 5. The number of benzene rings is 1. The molecule has 0 radical (unpaired) electrons. The predicted octanol–water partition coefficient (Wildman–Crippen LogP) is 0.475. The van der Waals surface area contributed by atoms with Crippen LogP contribution >= 0.6 is 0 Å². The summed E-state index contributed by atoms with van der Waals surface area (Å²) in [7, 11) is 0. The number of nitrogens with one attached hydrogen (secondary N) is 1. The van der Waals surface area contributed by atoms with Crippen LogP contribution in [-0.2, 0) is 11.3 Å². The fourth-order valence-electron chi connectivity index (χ4n) is 2.12. The molecule has 2 heterocycles. The molecule has 1 aromatic carbocycles. The molecule has 3 N–H and O–H groups in total. The van der Waals surface area contributed by atoms with E-state index in [1.165, 1.54) is 0 Å². The zero-order valence-corrected chi connectivity index (χ0v) is 12.0. The van der Waals surface area contributed by atoms with Crippen molar-refractivity contribution in [3.8, 4) is 0 Å². The fraction of sp³-hybridized carbons (Fsp3) is 0.214. The van der Waals surface area contributed by atoms with Gasteiger partial charge in [-0.3, -0.25) is 4.79 Å². The minimum Gasteiger partial charge on any atom is -0.368 e. The molecule has 0 atom stereocenters. The first-order valence-electron chi connectivity index (χ1n) is 6.77. The highest BCUT2D eigenvalue weighted by Crippen LogP contribution is 2.18. The smallest absolute Gasteiger partial charge is 0.236 e. The highest BCUT2D eigenvalue weighted by atomic mass is 16.1. The van der Waals surface area contributed by atoms with E-state index in [1.807, 2.05) is 30.3 Å². The molecule has 0 aliphatic rings. The molecule has 8 nitrogen and oxygen atoms in total. The van der Waals surface area contributed by atoms with E-state index in [4.69, 9.17) is 5.73 Å². The van der Waals surface area contributed by atoms with E-state index in [9.17, 15) is 4.79 Å². The second-order valence-electron chi connectivity index (χ2n) is 4.84. The number of hydrogen-bond donors (Lipinski definition) is 2. The van der Waals surface area contributed by atoms with Gasteiger partial charge in [-0.15, -0.1) is 5.10 Å². The summed E-state index contributed by atoms with van der Waals surface area (Å²) in [6.07, 6.45) is 0. The molecular weight excluding hydrogens is 282 g/mol. The first-order chi connectivity index (χ1) is 10.6. The van der Waals surface area contributed by atoms with E-state index in [2.05, 4.69) is 25.6 Å². The molecule has 0 spiro atoms. The summed E-state index contributed by atoms with van der Waals surface area (Å²) < 4.78 is 1.70. The molecule has 2 aromatic heterocycles. The van der Waals surface area contributed by atoms with E-state index >= 15 is 0 Å². The lowest BCUT2D eigenvalue weighted by atomic mass is 10.2. The lowest BCUT2D eigenvalue weighted by Gasteiger charge is -2.05. The number of aromatic nitrogens is 5. The molecule has 8 heteroatoms. The molecule has 1 amide bonds. The Morgan fingerprint density at radius 3 is 2.77 bits per heavy atom. The first-order valence-corrected chi connectivity index (χ1v) is 6.77. The van der Waals surface area contributed by atoms with Crippen LogP contribution in [0.2, 0.25) is 0 Å². The Balaban J connectivity index is 1.98. The molecule has 0 fully saturated rings. The molecule has 3 rings (SSSR count). The van der Waals surface area contributed by atoms with Crippen LogP contribution in [-0.4, -0.2) is 37.4 Å². The second kappa shape index (κ2) is 5.76. The number of aryl methyl sites for hydroxylation is 1. The lowest BCUT2D eigenvalue weighted by Crippen LogP contribution is -2.22. The zero-order valence-electron chi connectivity index (χ0n) is 12.0. The fourth-order valence-corrected chi connectivity index (χ4v) is 2.12. The normalized spacial score (nSPS) is 10.8. The van der Waals surface area contributed by atoms with Crippen molar-refractivity contribution in [1.82, 2.24) is 25.0 Å². The van der Waals surface area contributed by atoms with E-state index in [0.717, 1.165) is 5.56 Å². The summed E-state index contributed by atoms with van der Waals surface area (Å²) in [5.74, 6) is 0.554. The van der Waals surface area contributed by atoms with Gasteiger partial charge in [0.25, 0.3) is 0 Å². The van der Waals surface area contributed by atoms with Gasteiger partial charge in [-0.25, -0.2) is 14.6 Å². The Labute approximate surface area is 126 Å². The van der Waals surface area contributed by atoms with Gasteiger partial charge >= 0.3 is 0 Å². The molecule has 112 valence electrons. The lowest BCUT2D eigenvalue weighted by molar-refractivity contribution is -0.116. The summed E-state index contributed by atoms with van der Waals surface area (Å²) in [5.41, 5.74) is 7.37. The summed E-state index contributed by atoms with van der Waals surface area (Å²) in [6, 6.07) is 9.91. The molecule has 0 saturated heterocycles. The SMILES string of the molecule is Cc1nc(NCC(N)=O)c2nnn(Cc3ccccc3)c2n1. The van der Waals surface area contributed by atoms with Crippen molar-refractivity contribution in [3.63, 3.8) is 0 Å². The van der Waals surface area contributed by atoms with Gasteiger partial charge in [-0.05, 0) is 12.5 Å². The zero-order chi connectivity index (χ0) is 15.5. The Morgan fingerprint density at radius 1 is 1.27 bits per heavy atom. The standard InChI is InChI=1S/C14H15N7O/c1-9-17-13(16-7-11(15)22)12-14(18-9)21(20-19-12)8-10-5-3-2-4-6-10/h2-6H,7-8H2,1H3,(H2,15,22)(H,16,17,18). The Morgan fingerprint density at radius 2 is 2.05 bits per heavy atom. The largest absolute Gasteiger partial charge is 0.368 e. The third kappa shape index (κ3) is 2.85. The minimum atomic E-state index is -0.471. The topological polar surface area (TPSA) is 112 Å². The van der Waals surface area contributed by atoms with E-state index in [-0.39, 0.29) is 6.54 Å². The van der Waals surface area contributed by atoms with Crippen molar-refractivity contribution >= 4 is 22.9 Å². The molecular formula is C14H15N7O. The Kier molecular flexibility index (Phi) is 3.65. The first kappa shape index (κ1) is 13.9. The molecule has 22 heavy (non-hydrogen) atoms. The Hall–Kier alpha value is -3.03. The predicted molar refractivity (Wildman–Crippen MR) is 81.1 cm³/mol. The van der Waals surface area contributed by atoms with Crippen LogP contribution in [0.5, 0.6) is 0 Å². The van der Waals surface area contributed by atoms with Gasteiger partial charge in [0.2, 0.25) is 5.91 Å². The number of primary amides is 1. The molecule has 0 aliphatic carbocycles. The third-order valence-electron chi connectivity index (χ3n) is 3.08. The average molecular weight is 297 g/mol. The van der Waals surface area contributed by atoms with Crippen LogP contribution in [0.15, 0.2) is 30.3 Å². The average Bonchev–Trinajstić information content (AvgIpc) is 2.89. The maximum atomic E-state index is 10.9. The van der Waals surface area contributed by atoms with Crippen LogP contribution in [0.3, 0.4) is 0 Å².